The number of carbonyl (C=O) groups excluding carboxylic acids is 1. The van der Waals surface area contributed by atoms with E-state index in [0.717, 1.165) is 12.8 Å². The molecule has 2 heterocycles. The zero-order chi connectivity index (χ0) is 20.9. The molecule has 1 aromatic rings. The number of carbonyl (C=O) groups is 1. The molecule has 0 bridgehead atoms. The highest BCUT2D eigenvalue weighted by atomic mass is 32.2. The summed E-state index contributed by atoms with van der Waals surface area (Å²) < 4.78 is 46.5. The molecular weight excluding hydrogens is 396 g/mol. The van der Waals surface area contributed by atoms with Gasteiger partial charge in [-0.25, -0.2) is 0 Å². The Morgan fingerprint density at radius 1 is 1.24 bits per heavy atom. The van der Waals surface area contributed by atoms with Crippen molar-refractivity contribution in [2.75, 3.05) is 32.8 Å². The Bertz CT molecular complexity index is 800. The van der Waals surface area contributed by atoms with E-state index in [2.05, 4.69) is 0 Å². The maximum atomic E-state index is 13.5. The minimum absolute atomic E-state index is 0.163. The largest absolute Gasteiger partial charge is 0.486 e. The lowest BCUT2D eigenvalue weighted by atomic mass is 10.1. The molecule has 29 heavy (non-hydrogen) atoms. The third-order valence-corrected chi connectivity index (χ3v) is 7.10. The van der Waals surface area contributed by atoms with Crippen molar-refractivity contribution in [2.45, 2.75) is 51.7 Å². The van der Waals surface area contributed by atoms with Crippen LogP contribution in [0.25, 0.3) is 0 Å². The summed E-state index contributed by atoms with van der Waals surface area (Å²) in [5.41, 5.74) is 0. The second-order valence-electron chi connectivity index (χ2n) is 7.24. The molecule has 2 unspecified atom stereocenters. The summed E-state index contributed by atoms with van der Waals surface area (Å²) in [6.07, 6.45) is 2.25. The molecule has 162 valence electrons. The van der Waals surface area contributed by atoms with E-state index in [1.54, 1.807) is 6.92 Å². The van der Waals surface area contributed by atoms with Crippen LogP contribution in [0, 0.1) is 0 Å². The second kappa shape index (κ2) is 9.77. The van der Waals surface area contributed by atoms with E-state index in [1.165, 1.54) is 8.61 Å². The summed E-state index contributed by atoms with van der Waals surface area (Å²) in [4.78, 5) is 12.4. The first-order valence-electron chi connectivity index (χ1n) is 10.3. The number of rotatable bonds is 8. The molecule has 2 aliphatic rings. The monoisotopic (exact) mass is 426 g/mol. The van der Waals surface area contributed by atoms with E-state index >= 15 is 0 Å². The molecule has 3 rings (SSSR count). The predicted molar refractivity (Wildman–Crippen MR) is 108 cm³/mol. The molecule has 2 atom stereocenters. The van der Waals surface area contributed by atoms with Crippen molar-refractivity contribution in [3.8, 4) is 11.5 Å². The van der Waals surface area contributed by atoms with Crippen molar-refractivity contribution in [3.63, 3.8) is 0 Å². The summed E-state index contributed by atoms with van der Waals surface area (Å²) in [5, 5.41) is 0. The lowest BCUT2D eigenvalue weighted by molar-refractivity contribution is -0.148. The summed E-state index contributed by atoms with van der Waals surface area (Å²) >= 11 is 0. The SMILES string of the molecule is CCCN(CC1COc2ccccc2O1)S(=O)(=O)N1CCCCC1C(=O)OCC. The highest BCUT2D eigenvalue weighted by molar-refractivity contribution is 7.86. The summed E-state index contributed by atoms with van der Waals surface area (Å²) in [5.74, 6) is 0.797. The number of nitrogens with zero attached hydrogens (tertiary/aromatic N) is 2. The maximum absolute atomic E-state index is 13.5. The molecule has 0 N–H and O–H groups in total. The van der Waals surface area contributed by atoms with Gasteiger partial charge in [-0.2, -0.15) is 17.0 Å². The fourth-order valence-corrected chi connectivity index (χ4v) is 5.67. The summed E-state index contributed by atoms with van der Waals surface area (Å²) in [6.45, 7) is 4.97. The van der Waals surface area contributed by atoms with Gasteiger partial charge in [0.05, 0.1) is 13.2 Å². The van der Waals surface area contributed by atoms with Crippen LogP contribution in [-0.2, 0) is 19.7 Å². The van der Waals surface area contributed by atoms with Crippen molar-refractivity contribution in [3.05, 3.63) is 24.3 Å². The van der Waals surface area contributed by atoms with Gasteiger partial charge in [0.2, 0.25) is 0 Å². The first kappa shape index (κ1) is 21.9. The lowest BCUT2D eigenvalue weighted by Gasteiger charge is -2.38. The topological polar surface area (TPSA) is 85.4 Å². The van der Waals surface area contributed by atoms with Crippen LogP contribution in [0.1, 0.15) is 39.5 Å². The van der Waals surface area contributed by atoms with Crippen LogP contribution in [0.4, 0.5) is 0 Å². The molecule has 9 heteroatoms. The fraction of sp³-hybridized carbons (Fsp3) is 0.650. The average Bonchev–Trinajstić information content (AvgIpc) is 2.73. The normalized spacial score (nSPS) is 22.4. The number of piperidine rings is 1. The Hall–Kier alpha value is -1.84. The molecule has 1 saturated heterocycles. The van der Waals surface area contributed by atoms with Gasteiger partial charge in [-0.05, 0) is 44.7 Å². The molecule has 1 aromatic carbocycles. The van der Waals surface area contributed by atoms with Crippen LogP contribution in [0.15, 0.2) is 24.3 Å². The number of esters is 1. The van der Waals surface area contributed by atoms with Crippen molar-refractivity contribution >= 4 is 16.2 Å². The third kappa shape index (κ3) is 5.02. The van der Waals surface area contributed by atoms with Crippen LogP contribution in [0.3, 0.4) is 0 Å². The number of para-hydroxylation sites is 2. The van der Waals surface area contributed by atoms with Gasteiger partial charge in [-0.15, -0.1) is 0 Å². The van der Waals surface area contributed by atoms with Crippen LogP contribution >= 0.6 is 0 Å². The van der Waals surface area contributed by atoms with Crippen LogP contribution in [0.2, 0.25) is 0 Å². The second-order valence-corrected chi connectivity index (χ2v) is 9.12. The molecule has 0 aromatic heterocycles. The number of benzene rings is 1. The van der Waals surface area contributed by atoms with E-state index < -0.39 is 28.3 Å². The van der Waals surface area contributed by atoms with E-state index in [4.69, 9.17) is 14.2 Å². The predicted octanol–water partition coefficient (Wildman–Crippen LogP) is 2.20. The highest BCUT2D eigenvalue weighted by Gasteiger charge is 2.41. The Morgan fingerprint density at radius 3 is 2.72 bits per heavy atom. The average molecular weight is 427 g/mol. The van der Waals surface area contributed by atoms with E-state index in [9.17, 15) is 13.2 Å². The maximum Gasteiger partial charge on any atom is 0.324 e. The van der Waals surface area contributed by atoms with E-state index in [-0.39, 0.29) is 19.8 Å². The van der Waals surface area contributed by atoms with Crippen molar-refractivity contribution in [2.24, 2.45) is 0 Å². The van der Waals surface area contributed by atoms with Crippen LogP contribution < -0.4 is 9.47 Å². The zero-order valence-corrected chi connectivity index (χ0v) is 17.9. The van der Waals surface area contributed by atoms with Gasteiger partial charge in [0, 0.05) is 13.1 Å². The number of hydrogen-bond acceptors (Lipinski definition) is 6. The quantitative estimate of drug-likeness (QED) is 0.593. The van der Waals surface area contributed by atoms with E-state index in [0.29, 0.717) is 37.4 Å². The summed E-state index contributed by atoms with van der Waals surface area (Å²) in [6, 6.07) is 6.58. The van der Waals surface area contributed by atoms with Crippen LogP contribution in [0.5, 0.6) is 11.5 Å². The summed E-state index contributed by atoms with van der Waals surface area (Å²) in [7, 11) is -3.85. The molecular formula is C20H30N2O6S. The van der Waals surface area contributed by atoms with Gasteiger partial charge in [0.15, 0.2) is 11.5 Å². The molecule has 1 fully saturated rings. The molecule has 0 aliphatic carbocycles. The van der Waals surface area contributed by atoms with Crippen molar-refractivity contribution < 1.29 is 27.4 Å². The van der Waals surface area contributed by atoms with Gasteiger partial charge in [-0.3, -0.25) is 4.79 Å². The van der Waals surface area contributed by atoms with Crippen molar-refractivity contribution in [1.82, 2.24) is 8.61 Å². The lowest BCUT2D eigenvalue weighted by Crippen LogP contribution is -2.55. The first-order valence-corrected chi connectivity index (χ1v) is 11.7. The molecule has 2 aliphatic heterocycles. The highest BCUT2D eigenvalue weighted by Crippen LogP contribution is 2.32. The zero-order valence-electron chi connectivity index (χ0n) is 17.1. The number of fused-ring (bicyclic) bond motifs is 1. The minimum atomic E-state index is -3.85. The molecule has 8 nitrogen and oxygen atoms in total. The number of hydrogen-bond donors (Lipinski definition) is 0. The molecule has 0 radical (unpaired) electrons. The molecule has 0 spiro atoms. The van der Waals surface area contributed by atoms with Gasteiger partial charge in [0.25, 0.3) is 10.2 Å². The fourth-order valence-electron chi connectivity index (χ4n) is 3.73. The van der Waals surface area contributed by atoms with Gasteiger partial charge in [-0.1, -0.05) is 19.1 Å². The Morgan fingerprint density at radius 2 is 2.00 bits per heavy atom. The standard InChI is InChI=1S/C20H30N2O6S/c1-3-12-21(14-16-15-27-18-10-5-6-11-19(18)28-16)29(24,25)22-13-8-7-9-17(22)20(23)26-4-2/h5-6,10-11,16-17H,3-4,7-9,12-15H2,1-2H3. The van der Waals surface area contributed by atoms with E-state index in [1.807, 2.05) is 31.2 Å². The Balaban J connectivity index is 1.77. The number of ether oxygens (including phenoxy) is 3. The van der Waals surface area contributed by atoms with Crippen molar-refractivity contribution in [1.29, 1.82) is 0 Å². The Kier molecular flexibility index (Phi) is 7.37. The van der Waals surface area contributed by atoms with Gasteiger partial charge in [0.1, 0.15) is 18.8 Å². The minimum Gasteiger partial charge on any atom is -0.486 e. The van der Waals surface area contributed by atoms with Gasteiger partial charge < -0.3 is 14.2 Å². The smallest absolute Gasteiger partial charge is 0.324 e. The van der Waals surface area contributed by atoms with Gasteiger partial charge >= 0.3 is 5.97 Å². The molecule has 0 saturated carbocycles. The third-order valence-electron chi connectivity index (χ3n) is 5.08. The van der Waals surface area contributed by atoms with Crippen LogP contribution in [-0.4, -0.2) is 68.0 Å². The first-order chi connectivity index (χ1) is 14.0. The molecule has 0 amide bonds. The Labute approximate surface area is 172 Å².